The van der Waals surface area contributed by atoms with Crippen LogP contribution in [0.15, 0.2) is 36.1 Å². The van der Waals surface area contributed by atoms with Crippen LogP contribution in [0.5, 0.6) is 0 Å². The normalized spacial score (nSPS) is 20.2. The van der Waals surface area contributed by atoms with E-state index in [0.29, 0.717) is 24.6 Å². The molecule has 2 saturated heterocycles. The summed E-state index contributed by atoms with van der Waals surface area (Å²) >= 11 is 0. The molecule has 12 nitrogen and oxygen atoms in total. The lowest BCUT2D eigenvalue weighted by molar-refractivity contribution is -0.132. The van der Waals surface area contributed by atoms with Crippen LogP contribution >= 0.6 is 0 Å². The zero-order valence-corrected chi connectivity index (χ0v) is 22.4. The predicted octanol–water partition coefficient (Wildman–Crippen LogP) is 1.23. The number of ether oxygens (including phenoxy) is 2. The van der Waals surface area contributed by atoms with Crippen molar-refractivity contribution in [2.24, 2.45) is 5.92 Å². The maximum atomic E-state index is 15.1. The van der Waals surface area contributed by atoms with Crippen LogP contribution < -0.4 is 25.8 Å². The summed E-state index contributed by atoms with van der Waals surface area (Å²) in [5.41, 5.74) is 0.261. The third-order valence-electron chi connectivity index (χ3n) is 7.25. The van der Waals surface area contributed by atoms with E-state index in [4.69, 9.17) is 9.47 Å². The summed E-state index contributed by atoms with van der Waals surface area (Å²) in [7, 11) is 0. The molecule has 3 heterocycles. The number of benzene rings is 1. The van der Waals surface area contributed by atoms with Gasteiger partial charge in [0.15, 0.2) is 11.6 Å². The Morgan fingerprint density at radius 3 is 2.46 bits per heavy atom. The van der Waals surface area contributed by atoms with E-state index >= 15 is 8.78 Å². The van der Waals surface area contributed by atoms with Crippen molar-refractivity contribution in [3.05, 3.63) is 47.7 Å². The van der Waals surface area contributed by atoms with Crippen LogP contribution in [0.2, 0.25) is 0 Å². The Bertz CT molecular complexity index is 1240. The molecule has 0 aromatic heterocycles. The molecule has 1 aliphatic carbocycles. The van der Waals surface area contributed by atoms with Crippen molar-refractivity contribution < 1.29 is 37.4 Å². The Labute approximate surface area is 235 Å². The van der Waals surface area contributed by atoms with Crippen molar-refractivity contribution in [2.75, 3.05) is 68.8 Å². The number of nitrogens with one attached hydrogen (secondary N) is 3. The largest absolute Gasteiger partial charge is 0.449 e. The molecule has 1 saturated carbocycles. The maximum Gasteiger partial charge on any atom is 0.414 e. The second kappa shape index (κ2) is 12.4. The van der Waals surface area contributed by atoms with Crippen LogP contribution in [0.1, 0.15) is 12.8 Å². The number of hydrogen-bond acceptors (Lipinski definition) is 8. The second-order valence-electron chi connectivity index (χ2n) is 10.3. The van der Waals surface area contributed by atoms with E-state index in [1.165, 1.54) is 9.80 Å². The highest BCUT2D eigenvalue weighted by atomic mass is 19.1. The first-order valence-electron chi connectivity index (χ1n) is 13.6. The smallest absolute Gasteiger partial charge is 0.414 e. The third kappa shape index (κ3) is 7.05. The van der Waals surface area contributed by atoms with E-state index in [1.54, 1.807) is 18.4 Å². The molecule has 0 unspecified atom stereocenters. The Hall–Kier alpha value is -4.36. The van der Waals surface area contributed by atoms with Gasteiger partial charge in [0.1, 0.15) is 11.8 Å². The van der Waals surface area contributed by atoms with Crippen molar-refractivity contribution in [1.82, 2.24) is 20.9 Å². The highest BCUT2D eigenvalue weighted by molar-refractivity contribution is 5.96. The van der Waals surface area contributed by atoms with Crippen molar-refractivity contribution in [3.63, 3.8) is 0 Å². The van der Waals surface area contributed by atoms with Crippen molar-refractivity contribution in [3.8, 4) is 0 Å². The number of hydrogen-bond donors (Lipinski definition) is 3. The Kier molecular flexibility index (Phi) is 8.55. The van der Waals surface area contributed by atoms with Crippen LogP contribution in [-0.4, -0.2) is 94.0 Å². The average molecular weight is 575 g/mol. The molecular formula is C27H32F2N6O6. The molecule has 4 amide bonds. The minimum atomic E-state index is -0.853. The first-order chi connectivity index (χ1) is 19.8. The molecule has 220 valence electrons. The van der Waals surface area contributed by atoms with Crippen molar-refractivity contribution in [1.29, 1.82) is 0 Å². The van der Waals surface area contributed by atoms with Gasteiger partial charge in [-0.15, -0.1) is 0 Å². The Balaban J connectivity index is 1.11. The number of carbonyl (C=O) groups excluding carboxylic acids is 4. The van der Waals surface area contributed by atoms with Gasteiger partial charge in [-0.25, -0.2) is 18.4 Å². The molecule has 3 fully saturated rings. The van der Waals surface area contributed by atoms with E-state index in [2.05, 4.69) is 16.0 Å². The summed E-state index contributed by atoms with van der Waals surface area (Å²) in [5, 5.41) is 8.06. The molecule has 3 aliphatic heterocycles. The number of allylic oxidation sites excluding steroid dienone is 2. The Morgan fingerprint density at radius 1 is 1.07 bits per heavy atom. The molecule has 41 heavy (non-hydrogen) atoms. The highest BCUT2D eigenvalue weighted by Gasteiger charge is 2.34. The quantitative estimate of drug-likeness (QED) is 0.402. The van der Waals surface area contributed by atoms with E-state index in [0.717, 1.165) is 29.9 Å². The lowest BCUT2D eigenvalue weighted by atomic mass is 10.2. The topological polar surface area (TPSA) is 133 Å². The fourth-order valence-corrected chi connectivity index (χ4v) is 4.75. The van der Waals surface area contributed by atoms with Crippen LogP contribution in [-0.2, 0) is 19.1 Å². The minimum absolute atomic E-state index is 0.00177. The van der Waals surface area contributed by atoms with Crippen LogP contribution in [0.3, 0.4) is 0 Å². The zero-order valence-electron chi connectivity index (χ0n) is 22.4. The van der Waals surface area contributed by atoms with Gasteiger partial charge < -0.3 is 35.2 Å². The maximum absolute atomic E-state index is 15.1. The van der Waals surface area contributed by atoms with E-state index < -0.39 is 29.9 Å². The molecule has 0 bridgehead atoms. The van der Waals surface area contributed by atoms with Crippen LogP contribution in [0, 0.1) is 17.6 Å². The van der Waals surface area contributed by atoms with E-state index in [-0.39, 0.29) is 69.0 Å². The lowest BCUT2D eigenvalue weighted by Crippen LogP contribution is -2.51. The minimum Gasteiger partial charge on any atom is -0.449 e. The van der Waals surface area contributed by atoms with E-state index in [1.807, 2.05) is 0 Å². The average Bonchev–Trinajstić information content (AvgIpc) is 3.73. The molecule has 1 aromatic carbocycles. The number of anilines is 2. The standard InChI is InChI=1S/C27H32F2N6O6/c28-21-10-19(35-15-20(41-27(35)39)13-32-26(38)40-16-17-3-4-17)11-22(29)24(21)34-8-6-33(7-9-34)23(36)14-31-25(37)18-2-1-5-30-12-18/h1-2,5,10-11,17,20,30H,3-4,6-9,12-16H2,(H,31,37)(H,32,38)/t20-/m0/s1. The summed E-state index contributed by atoms with van der Waals surface area (Å²) in [6, 6.07) is 2.13. The molecular weight excluding hydrogens is 542 g/mol. The summed E-state index contributed by atoms with van der Waals surface area (Å²) < 4.78 is 40.6. The number of nitrogens with zero attached hydrogens (tertiary/aromatic N) is 3. The number of carbonyl (C=O) groups is 4. The third-order valence-corrected chi connectivity index (χ3v) is 7.25. The molecule has 4 aliphatic rings. The van der Waals surface area contributed by atoms with Crippen LogP contribution in [0.25, 0.3) is 0 Å². The molecule has 14 heteroatoms. The zero-order chi connectivity index (χ0) is 28.9. The Morgan fingerprint density at radius 2 is 1.80 bits per heavy atom. The first kappa shape index (κ1) is 28.2. The summed E-state index contributed by atoms with van der Waals surface area (Å²) in [4.78, 5) is 53.1. The van der Waals surface area contributed by atoms with Gasteiger partial charge in [0.05, 0.1) is 31.9 Å². The van der Waals surface area contributed by atoms with Crippen LogP contribution in [0.4, 0.5) is 29.7 Å². The summed E-state index contributed by atoms with van der Waals surface area (Å²) in [6.45, 7) is 1.37. The first-order valence-corrected chi connectivity index (χ1v) is 13.6. The van der Waals surface area contributed by atoms with Gasteiger partial charge in [0, 0.05) is 50.4 Å². The van der Waals surface area contributed by atoms with Gasteiger partial charge in [-0.3, -0.25) is 14.5 Å². The summed E-state index contributed by atoms with van der Waals surface area (Å²) in [5.74, 6) is -1.92. The van der Waals surface area contributed by atoms with Gasteiger partial charge in [-0.1, -0.05) is 6.08 Å². The van der Waals surface area contributed by atoms with Gasteiger partial charge in [0.2, 0.25) is 11.8 Å². The highest BCUT2D eigenvalue weighted by Crippen LogP contribution is 2.32. The molecule has 1 aromatic rings. The monoisotopic (exact) mass is 574 g/mol. The predicted molar refractivity (Wildman–Crippen MR) is 143 cm³/mol. The molecule has 0 radical (unpaired) electrons. The number of cyclic esters (lactones) is 1. The molecule has 5 rings (SSSR count). The number of piperazine rings is 1. The number of halogens is 2. The summed E-state index contributed by atoms with van der Waals surface area (Å²) in [6.07, 6.45) is 5.08. The molecule has 0 spiro atoms. The number of rotatable bonds is 9. The molecule has 1 atom stereocenters. The van der Waals surface area contributed by atoms with Crippen molar-refractivity contribution in [2.45, 2.75) is 18.9 Å². The second-order valence-corrected chi connectivity index (χ2v) is 10.3. The van der Waals surface area contributed by atoms with Gasteiger partial charge in [0.25, 0.3) is 0 Å². The number of amides is 4. The number of alkyl carbamates (subject to hydrolysis) is 1. The van der Waals surface area contributed by atoms with Gasteiger partial charge >= 0.3 is 12.2 Å². The SMILES string of the molecule is O=C(NC[C@H]1CN(c2cc(F)c(N3CCN(C(=O)CNC(=O)C4=CC=CNC4)CC3)c(F)c2)C(=O)O1)OCC1CC1. The van der Waals surface area contributed by atoms with Crippen molar-refractivity contribution >= 4 is 35.4 Å². The van der Waals surface area contributed by atoms with Gasteiger partial charge in [-0.05, 0) is 31.0 Å². The molecule has 3 N–H and O–H groups in total. The number of dihydropyridines is 1. The van der Waals surface area contributed by atoms with Gasteiger partial charge in [-0.2, -0.15) is 0 Å². The fraction of sp³-hybridized carbons (Fsp3) is 0.481. The van der Waals surface area contributed by atoms with E-state index in [9.17, 15) is 19.2 Å². The lowest BCUT2D eigenvalue weighted by Gasteiger charge is -2.36. The fourth-order valence-electron chi connectivity index (χ4n) is 4.75.